The number of aliphatic hydroxyl groups excluding tert-OH is 1. The Bertz CT molecular complexity index is 1090. The molecule has 1 atom stereocenters. The van der Waals surface area contributed by atoms with E-state index in [0.29, 0.717) is 23.7 Å². The van der Waals surface area contributed by atoms with Crippen LogP contribution in [0.1, 0.15) is 29.9 Å². The molecule has 2 heterocycles. The lowest BCUT2D eigenvalue weighted by molar-refractivity contribution is -0.140. The van der Waals surface area contributed by atoms with Crippen LogP contribution in [0.3, 0.4) is 0 Å². The van der Waals surface area contributed by atoms with Crippen LogP contribution in [0.15, 0.2) is 83.0 Å². The van der Waals surface area contributed by atoms with Crippen LogP contribution in [0.25, 0.3) is 5.76 Å². The minimum Gasteiger partial charge on any atom is -0.507 e. The number of ether oxygens (including phenoxy) is 1. The van der Waals surface area contributed by atoms with Crippen molar-refractivity contribution in [2.24, 2.45) is 0 Å². The molecule has 0 radical (unpaired) electrons. The minimum absolute atomic E-state index is 0.0476. The van der Waals surface area contributed by atoms with E-state index in [1.807, 2.05) is 37.3 Å². The van der Waals surface area contributed by atoms with E-state index in [-0.39, 0.29) is 17.9 Å². The molecule has 30 heavy (non-hydrogen) atoms. The number of aliphatic hydroxyl groups is 1. The number of amides is 1. The topological polar surface area (TPSA) is 80.0 Å². The molecule has 6 nitrogen and oxygen atoms in total. The highest BCUT2D eigenvalue weighted by Crippen LogP contribution is 2.40. The zero-order valence-corrected chi connectivity index (χ0v) is 16.4. The number of benzene rings is 2. The van der Waals surface area contributed by atoms with Gasteiger partial charge in [0, 0.05) is 5.56 Å². The van der Waals surface area contributed by atoms with Gasteiger partial charge in [0.15, 0.2) is 0 Å². The van der Waals surface area contributed by atoms with Gasteiger partial charge in [-0.25, -0.2) is 0 Å². The van der Waals surface area contributed by atoms with Crippen LogP contribution >= 0.6 is 0 Å². The number of nitrogens with zero attached hydrogens (tertiary/aromatic N) is 1. The third-order valence-corrected chi connectivity index (χ3v) is 4.98. The molecular formula is C24H21NO5. The monoisotopic (exact) mass is 403 g/mol. The molecule has 2 aromatic carbocycles. The van der Waals surface area contributed by atoms with Gasteiger partial charge in [0.2, 0.25) is 0 Å². The lowest BCUT2D eigenvalue weighted by Gasteiger charge is -2.24. The summed E-state index contributed by atoms with van der Waals surface area (Å²) < 4.78 is 10.9. The van der Waals surface area contributed by atoms with Crippen molar-refractivity contribution in [3.63, 3.8) is 0 Å². The summed E-state index contributed by atoms with van der Waals surface area (Å²) in [6.45, 7) is 2.46. The molecule has 0 saturated carbocycles. The van der Waals surface area contributed by atoms with E-state index in [2.05, 4.69) is 0 Å². The predicted octanol–water partition coefficient (Wildman–Crippen LogP) is 4.30. The fourth-order valence-corrected chi connectivity index (χ4v) is 3.65. The zero-order chi connectivity index (χ0) is 21.1. The first-order valence-corrected chi connectivity index (χ1v) is 9.69. The molecule has 0 bridgehead atoms. The maximum absolute atomic E-state index is 13.0. The molecule has 4 rings (SSSR count). The lowest BCUT2D eigenvalue weighted by atomic mass is 9.95. The van der Waals surface area contributed by atoms with Crippen LogP contribution in [-0.2, 0) is 16.1 Å². The maximum atomic E-state index is 13.0. The van der Waals surface area contributed by atoms with Crippen LogP contribution in [-0.4, -0.2) is 28.3 Å². The first-order chi connectivity index (χ1) is 14.6. The van der Waals surface area contributed by atoms with Crippen molar-refractivity contribution in [3.05, 3.63) is 95.5 Å². The van der Waals surface area contributed by atoms with E-state index in [0.717, 1.165) is 5.56 Å². The summed E-state index contributed by atoms with van der Waals surface area (Å²) in [6, 6.07) is 18.7. The molecule has 1 aromatic heterocycles. The van der Waals surface area contributed by atoms with Crippen LogP contribution in [0.5, 0.6) is 5.75 Å². The number of hydrogen-bond acceptors (Lipinski definition) is 5. The van der Waals surface area contributed by atoms with Crippen LogP contribution in [0, 0.1) is 0 Å². The smallest absolute Gasteiger partial charge is 0.296 e. The Kier molecular flexibility index (Phi) is 5.39. The van der Waals surface area contributed by atoms with E-state index in [4.69, 9.17) is 9.15 Å². The number of carbonyl (C=O) groups excluding carboxylic acids is 2. The van der Waals surface area contributed by atoms with Crippen molar-refractivity contribution in [3.8, 4) is 5.75 Å². The van der Waals surface area contributed by atoms with Crippen LogP contribution in [0.2, 0.25) is 0 Å². The van der Waals surface area contributed by atoms with E-state index in [9.17, 15) is 14.7 Å². The Labute approximate surface area is 174 Å². The molecule has 1 saturated heterocycles. The number of Topliss-reactive ketones (excluding diaryl/α,β-unsaturated/α-hetero) is 1. The number of likely N-dealkylation sites (tertiary alicyclic amines) is 1. The number of carbonyl (C=O) groups is 2. The molecule has 1 unspecified atom stereocenters. The normalized spacial score (nSPS) is 18.0. The third kappa shape index (κ3) is 3.59. The van der Waals surface area contributed by atoms with Crippen molar-refractivity contribution in [2.45, 2.75) is 19.5 Å². The second kappa shape index (κ2) is 8.29. The molecule has 3 aromatic rings. The molecule has 0 spiro atoms. The van der Waals surface area contributed by atoms with Gasteiger partial charge in [-0.15, -0.1) is 0 Å². The zero-order valence-electron chi connectivity index (χ0n) is 16.4. The quantitative estimate of drug-likeness (QED) is 0.377. The Hall–Kier alpha value is -3.80. The van der Waals surface area contributed by atoms with Gasteiger partial charge in [-0.2, -0.15) is 0 Å². The van der Waals surface area contributed by atoms with E-state index < -0.39 is 17.7 Å². The van der Waals surface area contributed by atoms with Crippen molar-refractivity contribution < 1.29 is 23.8 Å². The molecule has 1 N–H and O–H groups in total. The molecule has 1 amide bonds. The molecule has 1 aliphatic rings. The van der Waals surface area contributed by atoms with E-state index >= 15 is 0 Å². The van der Waals surface area contributed by atoms with Gasteiger partial charge in [-0.1, -0.05) is 42.5 Å². The van der Waals surface area contributed by atoms with Crippen LogP contribution in [0.4, 0.5) is 0 Å². The van der Waals surface area contributed by atoms with Crippen LogP contribution < -0.4 is 4.74 Å². The average molecular weight is 403 g/mol. The summed E-state index contributed by atoms with van der Waals surface area (Å²) >= 11 is 0. The standard InChI is InChI=1S/C24H21NO5/c1-2-29-18-11-6-10-17(14-18)22(26)20-21(16-8-4-3-5-9-16)25(24(28)23(20)27)15-19-12-7-13-30-19/h3-14,21,26H,2,15H2,1H3. The van der Waals surface area contributed by atoms with Crippen molar-refractivity contribution in [1.82, 2.24) is 4.90 Å². The van der Waals surface area contributed by atoms with E-state index in [1.54, 1.807) is 36.4 Å². The van der Waals surface area contributed by atoms with Crippen molar-refractivity contribution in [2.75, 3.05) is 6.61 Å². The molecule has 1 fully saturated rings. The van der Waals surface area contributed by atoms with Gasteiger partial charge < -0.3 is 19.2 Å². The van der Waals surface area contributed by atoms with Crippen molar-refractivity contribution in [1.29, 1.82) is 0 Å². The highest BCUT2D eigenvalue weighted by molar-refractivity contribution is 6.46. The Balaban J connectivity index is 1.84. The summed E-state index contributed by atoms with van der Waals surface area (Å²) in [4.78, 5) is 27.3. The molecule has 152 valence electrons. The Morgan fingerprint density at radius 1 is 1.07 bits per heavy atom. The van der Waals surface area contributed by atoms with Gasteiger partial charge >= 0.3 is 0 Å². The fraction of sp³-hybridized carbons (Fsp3) is 0.167. The highest BCUT2D eigenvalue weighted by atomic mass is 16.5. The van der Waals surface area contributed by atoms with Crippen molar-refractivity contribution >= 4 is 17.4 Å². The van der Waals surface area contributed by atoms with Gasteiger partial charge in [-0.05, 0) is 36.8 Å². The largest absolute Gasteiger partial charge is 0.507 e. The summed E-state index contributed by atoms with van der Waals surface area (Å²) in [6.07, 6.45) is 1.52. The molecule has 0 aliphatic carbocycles. The third-order valence-electron chi connectivity index (χ3n) is 4.98. The SMILES string of the molecule is CCOc1cccc(C(O)=C2C(=O)C(=O)N(Cc3ccco3)C2c2ccccc2)c1. The van der Waals surface area contributed by atoms with Gasteiger partial charge in [0.1, 0.15) is 17.3 Å². The average Bonchev–Trinajstić information content (AvgIpc) is 3.37. The maximum Gasteiger partial charge on any atom is 0.296 e. The fourth-order valence-electron chi connectivity index (χ4n) is 3.65. The molecule has 1 aliphatic heterocycles. The summed E-state index contributed by atoms with van der Waals surface area (Å²) in [5.41, 5.74) is 1.19. The second-order valence-electron chi connectivity index (χ2n) is 6.88. The summed E-state index contributed by atoms with van der Waals surface area (Å²) in [5.74, 6) is -0.512. The van der Waals surface area contributed by atoms with Gasteiger partial charge in [0.25, 0.3) is 11.7 Å². The van der Waals surface area contributed by atoms with Gasteiger partial charge in [-0.3, -0.25) is 9.59 Å². The molecule has 6 heteroatoms. The first kappa shape index (κ1) is 19.5. The van der Waals surface area contributed by atoms with Gasteiger partial charge in [0.05, 0.1) is 31.0 Å². The number of rotatable bonds is 6. The molecular weight excluding hydrogens is 382 g/mol. The first-order valence-electron chi connectivity index (χ1n) is 9.69. The number of furan rings is 1. The lowest BCUT2D eigenvalue weighted by Crippen LogP contribution is -2.29. The number of ketones is 1. The second-order valence-corrected chi connectivity index (χ2v) is 6.88. The summed E-state index contributed by atoms with van der Waals surface area (Å²) in [5, 5.41) is 11.1. The highest BCUT2D eigenvalue weighted by Gasteiger charge is 2.46. The Morgan fingerprint density at radius 2 is 1.87 bits per heavy atom. The van der Waals surface area contributed by atoms with E-state index in [1.165, 1.54) is 11.2 Å². The minimum atomic E-state index is -0.730. The number of hydrogen-bond donors (Lipinski definition) is 1. The Morgan fingerprint density at radius 3 is 2.57 bits per heavy atom. The summed E-state index contributed by atoms with van der Waals surface area (Å²) in [7, 11) is 0. The predicted molar refractivity (Wildman–Crippen MR) is 111 cm³/mol.